The van der Waals surface area contributed by atoms with Crippen LogP contribution < -0.4 is 14.8 Å². The van der Waals surface area contributed by atoms with E-state index >= 15 is 0 Å². The summed E-state index contributed by atoms with van der Waals surface area (Å²) in [5.41, 5.74) is 1.23. The van der Waals surface area contributed by atoms with Crippen molar-refractivity contribution in [3.05, 3.63) is 53.6 Å². The summed E-state index contributed by atoms with van der Waals surface area (Å²) >= 11 is 0. The van der Waals surface area contributed by atoms with Crippen LogP contribution in [0.1, 0.15) is 27.6 Å². The van der Waals surface area contributed by atoms with Gasteiger partial charge in [-0.25, -0.2) is 4.79 Å². The maximum Gasteiger partial charge on any atom is 0.341 e. The number of carboxylic acid groups (broad SMARTS) is 1. The summed E-state index contributed by atoms with van der Waals surface area (Å²) in [5.74, 6) is -1.18. The van der Waals surface area contributed by atoms with Crippen molar-refractivity contribution in [1.82, 2.24) is 4.90 Å². The molecule has 8 heteroatoms. The molecule has 0 fully saturated rings. The minimum absolute atomic E-state index is 0.172. The van der Waals surface area contributed by atoms with Crippen LogP contribution in [0.15, 0.2) is 42.5 Å². The number of ether oxygens (including phenoxy) is 2. The van der Waals surface area contributed by atoms with Crippen molar-refractivity contribution >= 4 is 23.5 Å². The number of carbonyl (C=O) groups is 3. The molecule has 2 N–H and O–H groups in total. The van der Waals surface area contributed by atoms with Crippen LogP contribution in [0.5, 0.6) is 11.5 Å². The summed E-state index contributed by atoms with van der Waals surface area (Å²) < 4.78 is 10.6. The van der Waals surface area contributed by atoms with Gasteiger partial charge >= 0.3 is 5.97 Å². The molecule has 148 valence electrons. The zero-order valence-electron chi connectivity index (χ0n) is 15.9. The second-order valence-electron chi connectivity index (χ2n) is 6.01. The highest BCUT2D eigenvalue weighted by Gasteiger charge is 2.14. The molecular formula is C20H22N2O6. The van der Waals surface area contributed by atoms with Gasteiger partial charge in [-0.1, -0.05) is 6.07 Å². The van der Waals surface area contributed by atoms with Crippen LogP contribution >= 0.6 is 0 Å². The average Bonchev–Trinajstić information content (AvgIpc) is 2.66. The van der Waals surface area contributed by atoms with Crippen LogP contribution in [0, 0.1) is 0 Å². The Morgan fingerprint density at radius 1 is 1.00 bits per heavy atom. The monoisotopic (exact) mass is 386 g/mol. The maximum atomic E-state index is 12.6. The van der Waals surface area contributed by atoms with Gasteiger partial charge in [0.05, 0.1) is 6.61 Å². The first kappa shape index (κ1) is 20.8. The fourth-order valence-electron chi connectivity index (χ4n) is 2.37. The molecule has 2 amide bonds. The molecule has 0 unspecified atom stereocenters. The van der Waals surface area contributed by atoms with Gasteiger partial charge in [-0.3, -0.25) is 9.59 Å². The lowest BCUT2D eigenvalue weighted by atomic mass is 10.1. The third-order valence-electron chi connectivity index (χ3n) is 3.63. The van der Waals surface area contributed by atoms with E-state index in [1.54, 1.807) is 45.3 Å². The Morgan fingerprint density at radius 3 is 2.39 bits per heavy atom. The van der Waals surface area contributed by atoms with Crippen LogP contribution in [-0.2, 0) is 4.79 Å². The van der Waals surface area contributed by atoms with Crippen molar-refractivity contribution in [2.75, 3.05) is 32.6 Å². The first-order chi connectivity index (χ1) is 13.3. The summed E-state index contributed by atoms with van der Waals surface area (Å²) in [6.45, 7) is 1.57. The number of amides is 2. The van der Waals surface area contributed by atoms with Crippen LogP contribution in [0.25, 0.3) is 0 Å². The molecule has 2 aromatic carbocycles. The van der Waals surface area contributed by atoms with Crippen molar-refractivity contribution in [3.8, 4) is 11.5 Å². The van der Waals surface area contributed by atoms with Crippen molar-refractivity contribution in [2.24, 2.45) is 0 Å². The van der Waals surface area contributed by atoms with Crippen molar-refractivity contribution in [2.45, 2.75) is 6.92 Å². The number of nitrogens with zero attached hydrogens (tertiary/aromatic N) is 1. The van der Waals surface area contributed by atoms with Gasteiger partial charge in [-0.2, -0.15) is 0 Å². The third kappa shape index (κ3) is 5.47. The van der Waals surface area contributed by atoms with E-state index in [0.29, 0.717) is 23.4 Å². The van der Waals surface area contributed by atoms with E-state index in [1.807, 2.05) is 0 Å². The molecule has 28 heavy (non-hydrogen) atoms. The number of benzene rings is 2. The molecule has 0 radical (unpaired) electrons. The molecule has 2 rings (SSSR count). The topological polar surface area (TPSA) is 105 Å². The zero-order chi connectivity index (χ0) is 20.7. The fraction of sp³-hybridized carbons (Fsp3) is 0.250. The number of rotatable bonds is 8. The SMILES string of the molecule is CCOc1cc(C(=O)Nc2cccc(C(=O)N(C)C)c2)ccc1OCC(=O)O. The standard InChI is InChI=1S/C20H22N2O6/c1-4-27-17-11-13(8-9-16(17)28-12-18(23)24)19(25)21-15-7-5-6-14(10-15)20(26)22(2)3/h5-11H,4,12H2,1-3H3,(H,21,25)(H,23,24). The first-order valence-electron chi connectivity index (χ1n) is 8.56. The molecule has 0 aromatic heterocycles. The number of anilines is 1. The molecule has 0 aliphatic heterocycles. The predicted molar refractivity (Wildman–Crippen MR) is 103 cm³/mol. The minimum atomic E-state index is -1.11. The Labute approximate surface area is 162 Å². The number of hydrogen-bond donors (Lipinski definition) is 2. The third-order valence-corrected chi connectivity index (χ3v) is 3.63. The lowest BCUT2D eigenvalue weighted by molar-refractivity contribution is -0.139. The van der Waals surface area contributed by atoms with E-state index < -0.39 is 18.5 Å². The summed E-state index contributed by atoms with van der Waals surface area (Å²) in [6, 6.07) is 11.1. The highest BCUT2D eigenvalue weighted by molar-refractivity contribution is 6.05. The van der Waals surface area contributed by atoms with Gasteiger partial charge in [0.1, 0.15) is 0 Å². The van der Waals surface area contributed by atoms with E-state index in [-0.39, 0.29) is 17.4 Å². The lowest BCUT2D eigenvalue weighted by Gasteiger charge is -2.13. The van der Waals surface area contributed by atoms with Crippen LogP contribution in [-0.4, -0.2) is 55.1 Å². The molecule has 0 heterocycles. The van der Waals surface area contributed by atoms with Gasteiger partial charge in [-0.15, -0.1) is 0 Å². The molecular weight excluding hydrogens is 364 g/mol. The molecule has 0 saturated heterocycles. The largest absolute Gasteiger partial charge is 0.490 e. The Kier molecular flexibility index (Phi) is 6.97. The van der Waals surface area contributed by atoms with Gasteiger partial charge < -0.3 is 24.8 Å². The molecule has 0 saturated carbocycles. The molecule has 0 spiro atoms. The Bertz CT molecular complexity index is 879. The minimum Gasteiger partial charge on any atom is -0.490 e. The maximum absolute atomic E-state index is 12.6. The zero-order valence-corrected chi connectivity index (χ0v) is 15.9. The molecule has 0 aliphatic carbocycles. The number of nitrogens with one attached hydrogen (secondary N) is 1. The Hall–Kier alpha value is -3.55. The molecule has 0 bridgehead atoms. The van der Waals surface area contributed by atoms with Gasteiger partial charge in [0.15, 0.2) is 18.1 Å². The van der Waals surface area contributed by atoms with Crippen molar-refractivity contribution in [1.29, 1.82) is 0 Å². The molecule has 8 nitrogen and oxygen atoms in total. The number of hydrogen-bond acceptors (Lipinski definition) is 5. The number of aliphatic carboxylic acids is 1. The summed E-state index contributed by atoms with van der Waals surface area (Å²) in [4.78, 5) is 36.8. The quantitative estimate of drug-likeness (QED) is 0.722. The first-order valence-corrected chi connectivity index (χ1v) is 8.56. The summed E-state index contributed by atoms with van der Waals surface area (Å²) in [5, 5.41) is 11.5. The predicted octanol–water partition coefficient (Wildman–Crippen LogP) is 2.50. The highest BCUT2D eigenvalue weighted by Crippen LogP contribution is 2.29. The summed E-state index contributed by atoms with van der Waals surface area (Å²) in [6.07, 6.45) is 0. The van der Waals surface area contributed by atoms with Gasteiger partial charge in [0.2, 0.25) is 0 Å². The van der Waals surface area contributed by atoms with E-state index in [9.17, 15) is 14.4 Å². The Morgan fingerprint density at radius 2 is 1.75 bits per heavy atom. The van der Waals surface area contributed by atoms with Crippen LogP contribution in [0.3, 0.4) is 0 Å². The smallest absolute Gasteiger partial charge is 0.341 e. The van der Waals surface area contributed by atoms with Crippen molar-refractivity contribution in [3.63, 3.8) is 0 Å². The normalized spacial score (nSPS) is 10.1. The summed E-state index contributed by atoms with van der Waals surface area (Å²) in [7, 11) is 3.30. The number of carbonyl (C=O) groups excluding carboxylic acids is 2. The second kappa shape index (κ2) is 9.40. The van der Waals surface area contributed by atoms with E-state index in [2.05, 4.69) is 5.32 Å². The molecule has 0 atom stereocenters. The van der Waals surface area contributed by atoms with Gasteiger partial charge in [-0.05, 0) is 43.3 Å². The Balaban J connectivity index is 2.20. The van der Waals surface area contributed by atoms with Crippen molar-refractivity contribution < 1.29 is 29.0 Å². The van der Waals surface area contributed by atoms with Gasteiger partial charge in [0.25, 0.3) is 11.8 Å². The average molecular weight is 386 g/mol. The van der Waals surface area contributed by atoms with Crippen LogP contribution in [0.4, 0.5) is 5.69 Å². The number of carboxylic acids is 1. The van der Waals surface area contributed by atoms with E-state index in [4.69, 9.17) is 14.6 Å². The van der Waals surface area contributed by atoms with E-state index in [1.165, 1.54) is 23.1 Å². The van der Waals surface area contributed by atoms with Gasteiger partial charge in [0, 0.05) is 30.9 Å². The second-order valence-corrected chi connectivity index (χ2v) is 6.01. The lowest BCUT2D eigenvalue weighted by Crippen LogP contribution is -2.22. The molecule has 2 aromatic rings. The van der Waals surface area contributed by atoms with E-state index in [0.717, 1.165) is 0 Å². The van der Waals surface area contributed by atoms with Crippen LogP contribution in [0.2, 0.25) is 0 Å². The molecule has 0 aliphatic rings. The highest BCUT2D eigenvalue weighted by atomic mass is 16.5. The fourth-order valence-corrected chi connectivity index (χ4v) is 2.37.